The third-order valence-electron chi connectivity index (χ3n) is 4.54. The van der Waals surface area contributed by atoms with Crippen LogP contribution in [0.2, 0.25) is 0 Å². The second kappa shape index (κ2) is 10.3. The molecule has 0 bridgehead atoms. The van der Waals surface area contributed by atoms with E-state index in [1.54, 1.807) is 0 Å². The van der Waals surface area contributed by atoms with E-state index in [-0.39, 0.29) is 30.5 Å². The minimum Gasteiger partial charge on any atom is -0.489 e. The van der Waals surface area contributed by atoms with Crippen molar-refractivity contribution in [2.75, 3.05) is 6.54 Å². The molecule has 0 saturated carbocycles. The number of carbonyl (C=O) groups excluding carboxylic acids is 1. The molecule has 2 aromatic carbocycles. The predicted octanol–water partition coefficient (Wildman–Crippen LogP) is 3.12. The zero-order chi connectivity index (χ0) is 18.4. The lowest BCUT2D eigenvalue weighted by Crippen LogP contribution is -2.35. The summed E-state index contributed by atoms with van der Waals surface area (Å²) >= 11 is 0. The average Bonchev–Trinajstić information content (AvgIpc) is 3.15. The number of halogens is 1. The first kappa shape index (κ1) is 21.2. The van der Waals surface area contributed by atoms with Crippen molar-refractivity contribution in [3.05, 3.63) is 65.2 Å². The molecule has 0 aliphatic carbocycles. The van der Waals surface area contributed by atoms with Gasteiger partial charge in [-0.2, -0.15) is 0 Å². The minimum atomic E-state index is -0.375. The Balaban J connectivity index is 0.00000261. The van der Waals surface area contributed by atoms with E-state index in [9.17, 15) is 4.79 Å². The fourth-order valence-corrected chi connectivity index (χ4v) is 3.05. The summed E-state index contributed by atoms with van der Waals surface area (Å²) in [5, 5.41) is 2.92. The van der Waals surface area contributed by atoms with Gasteiger partial charge in [0.15, 0.2) is 0 Å². The lowest BCUT2D eigenvalue weighted by molar-refractivity contribution is -0.132. The van der Waals surface area contributed by atoms with Gasteiger partial charge in [-0.1, -0.05) is 42.0 Å². The Labute approximate surface area is 166 Å². The highest BCUT2D eigenvalue weighted by Crippen LogP contribution is 2.19. The van der Waals surface area contributed by atoms with Crippen molar-refractivity contribution in [2.24, 2.45) is 5.73 Å². The fourth-order valence-electron chi connectivity index (χ4n) is 3.05. The van der Waals surface area contributed by atoms with Gasteiger partial charge in [-0.3, -0.25) is 4.79 Å². The van der Waals surface area contributed by atoms with E-state index < -0.39 is 0 Å². The van der Waals surface area contributed by atoms with Crippen LogP contribution in [0.1, 0.15) is 29.5 Å². The lowest BCUT2D eigenvalue weighted by Gasteiger charge is -2.13. The summed E-state index contributed by atoms with van der Waals surface area (Å²) in [5.74, 6) is 0.743. The Morgan fingerprint density at radius 1 is 1.19 bits per heavy atom. The molecular formula is C21H27ClN2O3. The van der Waals surface area contributed by atoms with Crippen molar-refractivity contribution in [1.82, 2.24) is 5.32 Å². The Morgan fingerprint density at radius 2 is 1.96 bits per heavy atom. The van der Waals surface area contributed by atoms with E-state index in [1.807, 2.05) is 30.3 Å². The Morgan fingerprint density at radius 3 is 2.63 bits per heavy atom. The van der Waals surface area contributed by atoms with Gasteiger partial charge in [0.05, 0.1) is 6.10 Å². The van der Waals surface area contributed by atoms with Crippen LogP contribution in [-0.4, -0.2) is 24.7 Å². The topological polar surface area (TPSA) is 73.6 Å². The molecule has 6 heteroatoms. The summed E-state index contributed by atoms with van der Waals surface area (Å²) in [4.78, 5) is 12.1. The van der Waals surface area contributed by atoms with Crippen LogP contribution >= 0.6 is 12.4 Å². The number of hydrogen-bond donors (Lipinski definition) is 2. The Bertz CT molecular complexity index is 736. The molecule has 1 aliphatic heterocycles. The molecule has 5 nitrogen and oxygen atoms in total. The molecule has 146 valence electrons. The highest BCUT2D eigenvalue weighted by atomic mass is 35.5. The van der Waals surface area contributed by atoms with E-state index in [0.717, 1.165) is 29.7 Å². The Hall–Kier alpha value is -2.08. The number of rotatable bonds is 7. The van der Waals surface area contributed by atoms with Crippen LogP contribution in [0.15, 0.2) is 48.5 Å². The molecule has 0 spiro atoms. The first-order valence-corrected chi connectivity index (χ1v) is 9.04. The minimum absolute atomic E-state index is 0. The third-order valence-corrected chi connectivity index (χ3v) is 4.54. The molecule has 0 radical (unpaired) electrons. The highest BCUT2D eigenvalue weighted by Gasteiger charge is 2.29. The second-order valence-electron chi connectivity index (χ2n) is 6.70. The van der Waals surface area contributed by atoms with Gasteiger partial charge in [0, 0.05) is 13.1 Å². The molecule has 1 fully saturated rings. The van der Waals surface area contributed by atoms with E-state index in [0.29, 0.717) is 19.7 Å². The first-order valence-electron chi connectivity index (χ1n) is 9.04. The van der Waals surface area contributed by atoms with E-state index >= 15 is 0 Å². The average molecular weight is 391 g/mol. The number of aryl methyl sites for hydroxylation is 1. The number of nitrogens with two attached hydrogens (primary N) is 1. The maximum Gasteiger partial charge on any atom is 0.249 e. The summed E-state index contributed by atoms with van der Waals surface area (Å²) in [6.07, 6.45) is 1.22. The molecule has 1 heterocycles. The van der Waals surface area contributed by atoms with Crippen LogP contribution in [-0.2, 0) is 22.7 Å². The zero-order valence-electron chi connectivity index (χ0n) is 15.5. The molecule has 27 heavy (non-hydrogen) atoms. The predicted molar refractivity (Wildman–Crippen MR) is 108 cm³/mol. The van der Waals surface area contributed by atoms with Crippen molar-refractivity contribution in [2.45, 2.75) is 45.1 Å². The summed E-state index contributed by atoms with van der Waals surface area (Å²) < 4.78 is 11.4. The molecular weight excluding hydrogens is 364 g/mol. The van der Waals surface area contributed by atoms with Crippen LogP contribution in [0, 0.1) is 6.92 Å². The van der Waals surface area contributed by atoms with Gasteiger partial charge in [0.2, 0.25) is 5.91 Å². The number of ether oxygens (including phenoxy) is 2. The molecule has 3 rings (SSSR count). The van der Waals surface area contributed by atoms with Gasteiger partial charge >= 0.3 is 0 Å². The SMILES string of the molecule is Cc1cccc(COc2ccc(CNC(=O)[C@@H]3CC[C@H](CN)O3)cc2)c1.Cl. The summed E-state index contributed by atoms with van der Waals surface area (Å²) in [7, 11) is 0. The van der Waals surface area contributed by atoms with E-state index in [1.165, 1.54) is 5.56 Å². The van der Waals surface area contributed by atoms with Crippen LogP contribution in [0.4, 0.5) is 0 Å². The molecule has 2 atom stereocenters. The van der Waals surface area contributed by atoms with Gasteiger partial charge in [0.1, 0.15) is 18.5 Å². The summed E-state index contributed by atoms with van der Waals surface area (Å²) in [6.45, 7) is 3.55. The molecule has 2 aromatic rings. The zero-order valence-corrected chi connectivity index (χ0v) is 16.3. The Kier molecular flexibility index (Phi) is 8.10. The highest BCUT2D eigenvalue weighted by molar-refractivity contribution is 5.85. The normalized spacial score (nSPS) is 18.6. The van der Waals surface area contributed by atoms with Crippen LogP contribution in [0.5, 0.6) is 5.75 Å². The van der Waals surface area contributed by atoms with Gasteiger partial charge in [-0.15, -0.1) is 12.4 Å². The van der Waals surface area contributed by atoms with Crippen LogP contribution in [0.25, 0.3) is 0 Å². The quantitative estimate of drug-likeness (QED) is 0.761. The summed E-state index contributed by atoms with van der Waals surface area (Å²) in [6, 6.07) is 16.0. The molecule has 0 aromatic heterocycles. The van der Waals surface area contributed by atoms with Gasteiger partial charge < -0.3 is 20.5 Å². The van der Waals surface area contributed by atoms with Crippen molar-refractivity contribution in [3.8, 4) is 5.75 Å². The van der Waals surface area contributed by atoms with Crippen molar-refractivity contribution >= 4 is 18.3 Å². The first-order chi connectivity index (χ1) is 12.6. The largest absolute Gasteiger partial charge is 0.489 e. The second-order valence-corrected chi connectivity index (χ2v) is 6.70. The van der Waals surface area contributed by atoms with Crippen molar-refractivity contribution in [3.63, 3.8) is 0 Å². The molecule has 1 saturated heterocycles. The lowest BCUT2D eigenvalue weighted by atomic mass is 10.1. The van der Waals surface area contributed by atoms with Crippen LogP contribution < -0.4 is 15.8 Å². The maximum absolute atomic E-state index is 12.1. The van der Waals surface area contributed by atoms with Crippen LogP contribution in [0.3, 0.4) is 0 Å². The van der Waals surface area contributed by atoms with Gasteiger partial charge in [0.25, 0.3) is 0 Å². The third kappa shape index (κ3) is 6.24. The monoisotopic (exact) mass is 390 g/mol. The number of benzene rings is 2. The maximum atomic E-state index is 12.1. The van der Waals surface area contributed by atoms with Crippen molar-refractivity contribution < 1.29 is 14.3 Å². The molecule has 3 N–H and O–H groups in total. The van der Waals surface area contributed by atoms with E-state index in [2.05, 4.69) is 30.4 Å². The number of amides is 1. The molecule has 1 amide bonds. The number of hydrogen-bond acceptors (Lipinski definition) is 4. The molecule has 1 aliphatic rings. The van der Waals surface area contributed by atoms with Gasteiger partial charge in [-0.25, -0.2) is 0 Å². The number of nitrogens with one attached hydrogen (secondary N) is 1. The standard InChI is InChI=1S/C21H26N2O3.ClH/c1-15-3-2-4-17(11-15)14-25-18-7-5-16(6-8-18)13-23-21(24)20-10-9-19(12-22)26-20;/h2-8,11,19-20H,9-10,12-14,22H2,1H3,(H,23,24);1H/t19-,20+;/m1./s1. The van der Waals surface area contributed by atoms with Gasteiger partial charge in [-0.05, 0) is 43.0 Å². The van der Waals surface area contributed by atoms with E-state index in [4.69, 9.17) is 15.2 Å². The fraction of sp³-hybridized carbons (Fsp3) is 0.381. The summed E-state index contributed by atoms with van der Waals surface area (Å²) in [5.41, 5.74) is 8.97. The smallest absolute Gasteiger partial charge is 0.249 e. The van der Waals surface area contributed by atoms with Crippen molar-refractivity contribution in [1.29, 1.82) is 0 Å². The molecule has 0 unspecified atom stereocenters. The number of carbonyl (C=O) groups is 1.